The summed E-state index contributed by atoms with van der Waals surface area (Å²) in [4.78, 5) is 0. The van der Waals surface area contributed by atoms with Crippen molar-refractivity contribution in [3.05, 3.63) is 47.5 Å². The minimum atomic E-state index is -0.853. The summed E-state index contributed by atoms with van der Waals surface area (Å²) in [5.41, 5.74) is 3.52. The van der Waals surface area contributed by atoms with Gasteiger partial charge < -0.3 is 43.0 Å². The molecular weight excluding hydrogens is 406 g/mol. The van der Waals surface area contributed by atoms with Crippen LogP contribution in [-0.4, -0.2) is 65.3 Å². The molecule has 4 rings (SSSR count). The predicted molar refractivity (Wildman–Crippen MR) is 113 cm³/mol. The van der Waals surface area contributed by atoms with E-state index < -0.39 is 20.5 Å². The van der Waals surface area contributed by atoms with Crippen molar-refractivity contribution in [2.45, 2.75) is 19.5 Å². The highest BCUT2D eigenvalue weighted by Gasteiger charge is 2.28. The van der Waals surface area contributed by atoms with Gasteiger partial charge in [-0.2, -0.15) is 0 Å². The molecule has 2 aliphatic heterocycles. The molecule has 0 unspecified atom stereocenters. The Morgan fingerprint density at radius 1 is 0.839 bits per heavy atom. The fraction of sp³-hybridized carbons (Fsp3) is 0.400. The molecule has 11 heteroatoms. The van der Waals surface area contributed by atoms with Crippen molar-refractivity contribution in [1.29, 1.82) is 0 Å². The summed E-state index contributed by atoms with van der Waals surface area (Å²) >= 11 is 0. The second-order valence-electron chi connectivity index (χ2n) is 6.81. The summed E-state index contributed by atoms with van der Waals surface area (Å²) in [6, 6.07) is 11.0. The second-order valence-corrected chi connectivity index (χ2v) is 6.81. The molecule has 0 aromatic heterocycles. The molecule has 2 heterocycles. The van der Waals surface area contributed by atoms with Gasteiger partial charge in [0, 0.05) is 21.3 Å². The molecule has 2 aromatic rings. The zero-order chi connectivity index (χ0) is 22.2. The summed E-state index contributed by atoms with van der Waals surface area (Å²) in [7, 11) is 2.99. The fourth-order valence-electron chi connectivity index (χ4n) is 3.09. The third-order valence-electron chi connectivity index (χ3n) is 4.82. The van der Waals surface area contributed by atoms with Gasteiger partial charge in [0.25, 0.3) is 0 Å². The van der Waals surface area contributed by atoms with Crippen molar-refractivity contribution < 1.29 is 43.0 Å². The van der Waals surface area contributed by atoms with Crippen LogP contribution in [-0.2, 0) is 36.7 Å². The zero-order valence-corrected chi connectivity index (χ0v) is 17.8. The number of ether oxygens (including phenoxy) is 5. The van der Waals surface area contributed by atoms with E-state index in [2.05, 4.69) is 0 Å². The Balaban J connectivity index is 0.000000179. The molecule has 166 valence electrons. The van der Waals surface area contributed by atoms with E-state index >= 15 is 0 Å². The van der Waals surface area contributed by atoms with Crippen molar-refractivity contribution in [3.63, 3.8) is 0 Å². The van der Waals surface area contributed by atoms with Crippen molar-refractivity contribution in [2.75, 3.05) is 34.7 Å². The second kappa shape index (κ2) is 11.5. The van der Waals surface area contributed by atoms with E-state index in [4.69, 9.17) is 33.0 Å². The molecule has 0 atom stereocenters. The lowest BCUT2D eigenvalue weighted by molar-refractivity contribution is -0.121. The Bertz CT molecular complexity index is 847. The topological polar surface area (TPSA) is 105 Å². The van der Waals surface area contributed by atoms with Crippen LogP contribution in [0.2, 0.25) is 0 Å². The van der Waals surface area contributed by atoms with E-state index in [1.54, 1.807) is 33.5 Å². The first-order valence-electron chi connectivity index (χ1n) is 9.70. The van der Waals surface area contributed by atoms with Gasteiger partial charge in [0.2, 0.25) is 0 Å². The number of hydrogen-bond donors (Lipinski definition) is 2. The highest BCUT2D eigenvalue weighted by Crippen LogP contribution is 2.17. The summed E-state index contributed by atoms with van der Waals surface area (Å²) in [5.74, 6) is 1.34. The lowest BCUT2D eigenvalue weighted by Gasteiger charge is -2.14. The quantitative estimate of drug-likeness (QED) is 0.433. The lowest BCUT2D eigenvalue weighted by atomic mass is 9.79. The van der Waals surface area contributed by atoms with Gasteiger partial charge in [-0.25, -0.2) is 0 Å². The Hall–Kier alpha value is -2.11. The Labute approximate surface area is 182 Å². The highest BCUT2D eigenvalue weighted by atomic mass is 16.7. The van der Waals surface area contributed by atoms with Gasteiger partial charge in [-0.3, -0.25) is 0 Å². The van der Waals surface area contributed by atoms with Crippen molar-refractivity contribution in [1.82, 2.24) is 0 Å². The van der Waals surface area contributed by atoms with Crippen LogP contribution in [0.15, 0.2) is 36.4 Å². The molecule has 2 aliphatic rings. The third kappa shape index (κ3) is 6.20. The minimum absolute atomic E-state index is 0.204. The van der Waals surface area contributed by atoms with Crippen LogP contribution < -0.4 is 20.4 Å². The van der Waals surface area contributed by atoms with Crippen LogP contribution in [0, 0.1) is 0 Å². The van der Waals surface area contributed by atoms with Gasteiger partial charge in [0.15, 0.2) is 13.1 Å². The van der Waals surface area contributed by atoms with Gasteiger partial charge in [0.1, 0.15) is 18.1 Å². The first-order chi connectivity index (χ1) is 15.0. The van der Waals surface area contributed by atoms with Crippen molar-refractivity contribution in [2.24, 2.45) is 0 Å². The van der Waals surface area contributed by atoms with Gasteiger partial charge in [-0.05, 0) is 46.3 Å². The van der Waals surface area contributed by atoms with E-state index in [1.165, 1.54) is 0 Å². The molecule has 0 amide bonds. The summed E-state index contributed by atoms with van der Waals surface area (Å²) < 4.78 is 35.7. The average Bonchev–Trinajstić information content (AvgIpc) is 3.36. The third-order valence-corrected chi connectivity index (χ3v) is 4.82. The Morgan fingerprint density at radius 2 is 1.35 bits per heavy atom. The molecule has 0 aliphatic carbocycles. The smallest absolute Gasteiger partial charge is 0.488 e. The van der Waals surface area contributed by atoms with Crippen molar-refractivity contribution in [3.8, 4) is 11.5 Å². The molecule has 9 nitrogen and oxygen atoms in total. The SMILES string of the molecule is COC(COc1ccc2c(c1)B(O)OC2)OC.COCOc1ccc2c(c1)B(O)OC2. The predicted octanol–water partition coefficient (Wildman–Crippen LogP) is -0.211. The normalized spacial score (nSPS) is 14.3. The average molecular weight is 432 g/mol. The molecule has 2 N–H and O–H groups in total. The van der Waals surface area contributed by atoms with Gasteiger partial charge >= 0.3 is 14.2 Å². The van der Waals surface area contributed by atoms with Crippen LogP contribution in [0.1, 0.15) is 11.1 Å². The van der Waals surface area contributed by atoms with E-state index in [-0.39, 0.29) is 6.79 Å². The number of methoxy groups -OCH3 is 3. The number of benzene rings is 2. The highest BCUT2D eigenvalue weighted by molar-refractivity contribution is 6.62. The van der Waals surface area contributed by atoms with E-state index in [0.29, 0.717) is 31.3 Å². The fourth-order valence-corrected chi connectivity index (χ4v) is 3.09. The van der Waals surface area contributed by atoms with E-state index in [0.717, 1.165) is 22.1 Å². The molecule has 31 heavy (non-hydrogen) atoms. The molecule has 0 bridgehead atoms. The molecule has 0 saturated carbocycles. The van der Waals surface area contributed by atoms with Crippen molar-refractivity contribution >= 4 is 25.2 Å². The maximum atomic E-state index is 9.55. The van der Waals surface area contributed by atoms with Crippen LogP contribution in [0.4, 0.5) is 0 Å². The number of hydrogen-bond acceptors (Lipinski definition) is 9. The van der Waals surface area contributed by atoms with Crippen LogP contribution in [0.25, 0.3) is 0 Å². The van der Waals surface area contributed by atoms with Crippen LogP contribution in [0.5, 0.6) is 11.5 Å². The van der Waals surface area contributed by atoms with Crippen LogP contribution >= 0.6 is 0 Å². The standard InChI is InChI=1S/C11H15BO5.C9H11BO4/c1-14-11(15-2)7-16-9-4-3-8-6-17-12(13)10(8)5-9;1-12-6-13-8-3-2-7-5-14-10(11)9(7)4-8/h3-5,11,13H,6-7H2,1-2H3;2-4,11H,5-6H2,1H3. The number of rotatable bonds is 8. The van der Waals surface area contributed by atoms with Gasteiger partial charge in [-0.15, -0.1) is 0 Å². The summed E-state index contributed by atoms with van der Waals surface area (Å²) in [6.07, 6.45) is -0.399. The lowest BCUT2D eigenvalue weighted by Crippen LogP contribution is -2.28. The molecule has 2 aromatic carbocycles. The van der Waals surface area contributed by atoms with E-state index in [1.807, 2.05) is 24.3 Å². The maximum Gasteiger partial charge on any atom is 0.491 e. The monoisotopic (exact) mass is 432 g/mol. The Kier molecular flexibility index (Phi) is 8.73. The minimum Gasteiger partial charge on any atom is -0.488 e. The molecule has 0 radical (unpaired) electrons. The maximum absolute atomic E-state index is 9.55. The Morgan fingerprint density at radius 3 is 1.84 bits per heavy atom. The van der Waals surface area contributed by atoms with Gasteiger partial charge in [-0.1, -0.05) is 12.1 Å². The zero-order valence-electron chi connectivity index (χ0n) is 17.8. The first-order valence-corrected chi connectivity index (χ1v) is 9.70. The van der Waals surface area contributed by atoms with Gasteiger partial charge in [0.05, 0.1) is 13.2 Å². The van der Waals surface area contributed by atoms with E-state index in [9.17, 15) is 10.0 Å². The molecule has 0 saturated heterocycles. The summed E-state index contributed by atoms with van der Waals surface area (Å²) in [5, 5.41) is 19.0. The number of fused-ring (bicyclic) bond motifs is 2. The first kappa shape index (κ1) is 23.6. The molecule has 0 fully saturated rings. The van der Waals surface area contributed by atoms with Crippen LogP contribution in [0.3, 0.4) is 0 Å². The molecule has 0 spiro atoms. The summed E-state index contributed by atoms with van der Waals surface area (Å²) in [6.45, 7) is 1.40. The molecular formula is C20H26B2O9. The largest absolute Gasteiger partial charge is 0.491 e.